The fraction of sp³-hybridized carbons (Fsp3) is 0.650. The molecule has 9 nitrogen and oxygen atoms in total. The molecule has 2 aliphatic rings. The number of fused-ring (bicyclic) bond motifs is 1. The Kier molecular flexibility index (Phi) is 5.14. The maximum Gasteiger partial charge on any atom is 0.410 e. The molecule has 2 fully saturated rings. The van der Waals surface area contributed by atoms with Gasteiger partial charge in [0.05, 0.1) is 17.4 Å². The van der Waals surface area contributed by atoms with Crippen molar-refractivity contribution in [2.45, 2.75) is 59.0 Å². The molecule has 0 spiro atoms. The Labute approximate surface area is 170 Å². The van der Waals surface area contributed by atoms with E-state index in [1.54, 1.807) is 9.42 Å². The van der Waals surface area contributed by atoms with Gasteiger partial charge in [-0.25, -0.2) is 9.31 Å². The number of aryl methyl sites for hydroxylation is 2. The molecule has 4 heterocycles. The fourth-order valence-corrected chi connectivity index (χ4v) is 4.35. The van der Waals surface area contributed by atoms with Crippen molar-refractivity contribution in [2.24, 2.45) is 5.92 Å². The van der Waals surface area contributed by atoms with E-state index in [9.17, 15) is 9.59 Å². The Hall–Kier alpha value is -2.71. The number of aromatic nitrogens is 4. The highest BCUT2D eigenvalue weighted by Crippen LogP contribution is 2.29. The van der Waals surface area contributed by atoms with Gasteiger partial charge in [-0.1, -0.05) is 20.3 Å². The van der Waals surface area contributed by atoms with Crippen molar-refractivity contribution in [1.82, 2.24) is 29.6 Å². The summed E-state index contributed by atoms with van der Waals surface area (Å²) in [4.78, 5) is 29.1. The Morgan fingerprint density at radius 2 is 2.00 bits per heavy atom. The molecule has 9 heteroatoms. The predicted molar refractivity (Wildman–Crippen MR) is 106 cm³/mol. The molecular formula is C20H28N6O3. The summed E-state index contributed by atoms with van der Waals surface area (Å²) in [6.45, 7) is 9.64. The molecule has 0 saturated carbocycles. The molecule has 0 bridgehead atoms. The van der Waals surface area contributed by atoms with Gasteiger partial charge in [0.2, 0.25) is 0 Å². The number of carbonyl (C=O) groups is 2. The van der Waals surface area contributed by atoms with Crippen LogP contribution in [0.2, 0.25) is 0 Å². The SMILES string of the molecule is CC[C@H](C)[C@@H]1COC(=O)N1C1CCN(C(=O)c2nnc3cc(C)nn3c2C)CC1. The van der Waals surface area contributed by atoms with Crippen LogP contribution < -0.4 is 0 Å². The van der Waals surface area contributed by atoms with E-state index < -0.39 is 0 Å². The number of cyclic esters (lactones) is 1. The maximum absolute atomic E-state index is 13.1. The van der Waals surface area contributed by atoms with Crippen LogP contribution in [0.3, 0.4) is 0 Å². The summed E-state index contributed by atoms with van der Waals surface area (Å²) in [5.74, 6) is 0.259. The Morgan fingerprint density at radius 1 is 1.28 bits per heavy atom. The molecule has 2 atom stereocenters. The molecule has 156 valence electrons. The lowest BCUT2D eigenvalue weighted by Crippen LogP contribution is -2.51. The third-order valence-corrected chi connectivity index (χ3v) is 6.32. The lowest BCUT2D eigenvalue weighted by molar-refractivity contribution is 0.0607. The Bertz CT molecular complexity index is 934. The van der Waals surface area contributed by atoms with Crippen LogP contribution in [0.4, 0.5) is 4.79 Å². The summed E-state index contributed by atoms with van der Waals surface area (Å²) in [7, 11) is 0. The number of hydrogen-bond donors (Lipinski definition) is 0. The van der Waals surface area contributed by atoms with Gasteiger partial charge in [-0.05, 0) is 32.6 Å². The molecule has 0 radical (unpaired) electrons. The molecule has 29 heavy (non-hydrogen) atoms. The number of piperidine rings is 1. The van der Waals surface area contributed by atoms with Crippen LogP contribution in [0.1, 0.15) is 55.0 Å². The van der Waals surface area contributed by atoms with Gasteiger partial charge in [0, 0.05) is 25.2 Å². The molecule has 0 unspecified atom stereocenters. The monoisotopic (exact) mass is 400 g/mol. The van der Waals surface area contributed by atoms with Crippen LogP contribution in [-0.2, 0) is 4.74 Å². The van der Waals surface area contributed by atoms with Crippen LogP contribution >= 0.6 is 0 Å². The molecule has 2 aliphatic heterocycles. The number of rotatable bonds is 4. The van der Waals surface area contributed by atoms with E-state index in [1.807, 2.05) is 24.8 Å². The van der Waals surface area contributed by atoms with Crippen molar-refractivity contribution in [3.05, 3.63) is 23.1 Å². The van der Waals surface area contributed by atoms with E-state index in [-0.39, 0.29) is 24.1 Å². The van der Waals surface area contributed by atoms with Crippen LogP contribution in [0.15, 0.2) is 6.07 Å². The van der Waals surface area contributed by atoms with Crippen molar-refractivity contribution < 1.29 is 14.3 Å². The summed E-state index contributed by atoms with van der Waals surface area (Å²) >= 11 is 0. The summed E-state index contributed by atoms with van der Waals surface area (Å²) in [5.41, 5.74) is 2.49. The van der Waals surface area contributed by atoms with E-state index in [0.717, 1.165) is 25.0 Å². The van der Waals surface area contributed by atoms with Crippen molar-refractivity contribution in [1.29, 1.82) is 0 Å². The van der Waals surface area contributed by atoms with Gasteiger partial charge in [-0.2, -0.15) is 5.10 Å². The Balaban J connectivity index is 1.46. The molecule has 2 saturated heterocycles. The molecule has 2 amide bonds. The number of carbonyl (C=O) groups excluding carboxylic acids is 2. The zero-order valence-corrected chi connectivity index (χ0v) is 17.5. The Morgan fingerprint density at radius 3 is 2.69 bits per heavy atom. The number of ether oxygens (including phenoxy) is 1. The van der Waals surface area contributed by atoms with Crippen LogP contribution in [-0.4, -0.2) is 73.4 Å². The summed E-state index contributed by atoms with van der Waals surface area (Å²) in [6, 6.07) is 2.07. The van der Waals surface area contributed by atoms with Gasteiger partial charge in [0.15, 0.2) is 11.3 Å². The minimum atomic E-state index is -0.221. The normalized spacial score (nSPS) is 21.7. The third-order valence-electron chi connectivity index (χ3n) is 6.32. The molecule has 0 aliphatic carbocycles. The first-order chi connectivity index (χ1) is 13.9. The first-order valence-electron chi connectivity index (χ1n) is 10.3. The van der Waals surface area contributed by atoms with Crippen LogP contribution in [0.5, 0.6) is 0 Å². The molecule has 0 aromatic carbocycles. The van der Waals surface area contributed by atoms with Crippen LogP contribution in [0, 0.1) is 19.8 Å². The first-order valence-corrected chi connectivity index (χ1v) is 10.3. The summed E-state index contributed by atoms with van der Waals surface area (Å²) < 4.78 is 7.00. The topological polar surface area (TPSA) is 92.9 Å². The largest absolute Gasteiger partial charge is 0.447 e. The zero-order chi connectivity index (χ0) is 20.7. The lowest BCUT2D eigenvalue weighted by Gasteiger charge is -2.39. The average molecular weight is 400 g/mol. The van der Waals surface area contributed by atoms with Gasteiger partial charge < -0.3 is 9.64 Å². The highest BCUT2D eigenvalue weighted by Gasteiger charge is 2.42. The van der Waals surface area contributed by atoms with Gasteiger partial charge in [-0.3, -0.25) is 9.69 Å². The van der Waals surface area contributed by atoms with Gasteiger partial charge in [0.1, 0.15) is 6.61 Å². The second kappa shape index (κ2) is 7.61. The predicted octanol–water partition coefficient (Wildman–Crippen LogP) is 2.21. The zero-order valence-electron chi connectivity index (χ0n) is 17.5. The van der Waals surface area contributed by atoms with E-state index >= 15 is 0 Å². The molecule has 2 aromatic rings. The number of amides is 2. The van der Waals surface area contributed by atoms with Gasteiger partial charge >= 0.3 is 6.09 Å². The lowest BCUT2D eigenvalue weighted by atomic mass is 9.95. The molecule has 2 aromatic heterocycles. The third kappa shape index (κ3) is 3.42. The van der Waals surface area contributed by atoms with E-state index in [2.05, 4.69) is 29.1 Å². The molecular weight excluding hydrogens is 372 g/mol. The maximum atomic E-state index is 13.1. The minimum absolute atomic E-state index is 0.108. The van der Waals surface area contributed by atoms with Gasteiger partial charge in [0.25, 0.3) is 5.91 Å². The van der Waals surface area contributed by atoms with Crippen molar-refractivity contribution in [3.8, 4) is 0 Å². The van der Waals surface area contributed by atoms with Crippen molar-refractivity contribution >= 4 is 17.6 Å². The summed E-state index contributed by atoms with van der Waals surface area (Å²) in [6.07, 6.45) is 2.26. The highest BCUT2D eigenvalue weighted by atomic mass is 16.6. The van der Waals surface area contributed by atoms with E-state index in [1.165, 1.54) is 0 Å². The standard InChI is InChI=1S/C20H28N6O3/c1-5-12(2)16-11-29-20(28)25(16)15-6-8-24(9-7-15)19(27)18-14(4)26-17(21-22-18)10-13(3)23-26/h10,12,15-16H,5-9,11H2,1-4H3/t12-,16-/m0/s1. The van der Waals surface area contributed by atoms with Crippen LogP contribution in [0.25, 0.3) is 5.65 Å². The molecule has 4 rings (SSSR count). The molecule has 0 N–H and O–H groups in total. The number of likely N-dealkylation sites (tertiary alicyclic amines) is 1. The van der Waals surface area contributed by atoms with Crippen molar-refractivity contribution in [2.75, 3.05) is 19.7 Å². The fourth-order valence-electron chi connectivity index (χ4n) is 4.35. The second-order valence-corrected chi connectivity index (χ2v) is 8.15. The quantitative estimate of drug-likeness (QED) is 0.781. The number of nitrogens with zero attached hydrogens (tertiary/aromatic N) is 6. The first kappa shape index (κ1) is 19.6. The van der Waals surface area contributed by atoms with Crippen molar-refractivity contribution in [3.63, 3.8) is 0 Å². The second-order valence-electron chi connectivity index (χ2n) is 8.15. The smallest absolute Gasteiger partial charge is 0.410 e. The minimum Gasteiger partial charge on any atom is -0.447 e. The van der Waals surface area contributed by atoms with E-state index in [0.29, 0.717) is 42.6 Å². The van der Waals surface area contributed by atoms with E-state index in [4.69, 9.17) is 4.74 Å². The average Bonchev–Trinajstić information content (AvgIpc) is 3.30. The number of hydrogen-bond acceptors (Lipinski definition) is 6. The highest BCUT2D eigenvalue weighted by molar-refractivity contribution is 5.93. The van der Waals surface area contributed by atoms with Gasteiger partial charge in [-0.15, -0.1) is 10.2 Å². The summed E-state index contributed by atoms with van der Waals surface area (Å²) in [5, 5.41) is 12.7.